The van der Waals surface area contributed by atoms with Gasteiger partial charge in [0, 0.05) is 19.3 Å². The van der Waals surface area contributed by atoms with Gasteiger partial charge in [0.25, 0.3) is 5.91 Å². The number of ether oxygens (including phenoxy) is 1. The zero-order valence-corrected chi connectivity index (χ0v) is 17.7. The third kappa shape index (κ3) is 5.35. The van der Waals surface area contributed by atoms with Crippen LogP contribution < -0.4 is 4.74 Å². The number of benzene rings is 2. The third-order valence-corrected chi connectivity index (χ3v) is 6.07. The van der Waals surface area contributed by atoms with Crippen molar-refractivity contribution < 1.29 is 22.3 Å². The van der Waals surface area contributed by atoms with Gasteiger partial charge in [-0.2, -0.15) is 0 Å². The lowest BCUT2D eigenvalue weighted by atomic mass is 9.99. The van der Waals surface area contributed by atoms with Gasteiger partial charge in [-0.25, -0.2) is 12.8 Å². The number of halogens is 1. The molecule has 0 saturated carbocycles. The Morgan fingerprint density at radius 1 is 1.24 bits per heavy atom. The van der Waals surface area contributed by atoms with Gasteiger partial charge >= 0.3 is 0 Å². The van der Waals surface area contributed by atoms with Crippen LogP contribution in [0.4, 0.5) is 4.39 Å². The molecule has 1 aliphatic heterocycles. The number of hydrogen-bond acceptors (Lipinski definition) is 4. The molecule has 1 atom stereocenters. The van der Waals surface area contributed by atoms with Crippen molar-refractivity contribution in [2.75, 3.05) is 19.3 Å². The highest BCUT2D eigenvalue weighted by atomic mass is 32.2. The SMILES string of the molecule is CC(C)Oc1ccc(S(C)(=O)=O)cc1C(=O)N1CCC(Cc2cccc(F)c2)C1. The standard InChI is InChI=1S/C22H26FNO4S/c1-15(2)28-21-8-7-19(29(3,26)27)13-20(21)22(25)24-10-9-17(14-24)11-16-5-4-6-18(23)12-16/h4-8,12-13,15,17H,9-11,14H2,1-3H3. The summed E-state index contributed by atoms with van der Waals surface area (Å²) in [6.07, 6.45) is 2.48. The van der Waals surface area contributed by atoms with Gasteiger partial charge in [-0.15, -0.1) is 0 Å². The van der Waals surface area contributed by atoms with E-state index in [0.29, 0.717) is 25.3 Å². The number of carbonyl (C=O) groups is 1. The number of rotatable bonds is 6. The van der Waals surface area contributed by atoms with Crippen molar-refractivity contribution >= 4 is 15.7 Å². The molecule has 0 bridgehead atoms. The van der Waals surface area contributed by atoms with Gasteiger partial charge in [-0.05, 0) is 68.5 Å². The highest BCUT2D eigenvalue weighted by Crippen LogP contribution is 2.28. The number of hydrogen-bond donors (Lipinski definition) is 0. The lowest BCUT2D eigenvalue weighted by Crippen LogP contribution is -2.30. The molecule has 5 nitrogen and oxygen atoms in total. The van der Waals surface area contributed by atoms with E-state index in [1.165, 1.54) is 24.3 Å². The second-order valence-electron chi connectivity index (χ2n) is 7.84. The normalized spacial score (nSPS) is 17.0. The monoisotopic (exact) mass is 419 g/mol. The van der Waals surface area contributed by atoms with Gasteiger partial charge in [0.1, 0.15) is 11.6 Å². The molecule has 0 N–H and O–H groups in total. The maximum absolute atomic E-state index is 13.4. The van der Waals surface area contributed by atoms with Crippen molar-refractivity contribution in [3.8, 4) is 5.75 Å². The fraction of sp³-hybridized carbons (Fsp3) is 0.409. The average molecular weight is 420 g/mol. The molecule has 1 aliphatic rings. The summed E-state index contributed by atoms with van der Waals surface area (Å²) in [5, 5.41) is 0. The first-order chi connectivity index (χ1) is 13.6. The Bertz CT molecular complexity index is 1000. The van der Waals surface area contributed by atoms with Crippen LogP contribution >= 0.6 is 0 Å². The third-order valence-electron chi connectivity index (χ3n) is 4.96. The van der Waals surface area contributed by atoms with E-state index in [1.807, 2.05) is 19.9 Å². The molecule has 1 fully saturated rings. The quantitative estimate of drug-likeness (QED) is 0.716. The largest absolute Gasteiger partial charge is 0.490 e. The van der Waals surface area contributed by atoms with Crippen molar-refractivity contribution in [2.24, 2.45) is 5.92 Å². The summed E-state index contributed by atoms with van der Waals surface area (Å²) in [6, 6.07) is 10.9. The van der Waals surface area contributed by atoms with Gasteiger partial charge in [-0.3, -0.25) is 4.79 Å². The van der Waals surface area contributed by atoms with E-state index in [2.05, 4.69) is 0 Å². The van der Waals surface area contributed by atoms with Crippen molar-refractivity contribution in [1.29, 1.82) is 0 Å². The van der Waals surface area contributed by atoms with E-state index in [0.717, 1.165) is 18.2 Å². The van der Waals surface area contributed by atoms with Crippen LogP contribution in [0.25, 0.3) is 0 Å². The number of amides is 1. The molecule has 156 valence electrons. The van der Waals surface area contributed by atoms with Gasteiger partial charge in [0.15, 0.2) is 9.84 Å². The fourth-order valence-electron chi connectivity index (χ4n) is 3.61. The Kier molecular flexibility index (Phi) is 6.27. The van der Waals surface area contributed by atoms with Gasteiger partial charge in [0.2, 0.25) is 0 Å². The Labute approximate surface area is 171 Å². The summed E-state index contributed by atoms with van der Waals surface area (Å²) >= 11 is 0. The van der Waals surface area contributed by atoms with Gasteiger partial charge in [0.05, 0.1) is 16.6 Å². The fourth-order valence-corrected chi connectivity index (χ4v) is 4.26. The van der Waals surface area contributed by atoms with Crippen LogP contribution in [0, 0.1) is 11.7 Å². The molecular weight excluding hydrogens is 393 g/mol. The summed E-state index contributed by atoms with van der Waals surface area (Å²) in [4.78, 5) is 15.0. The first-order valence-electron chi connectivity index (χ1n) is 9.68. The highest BCUT2D eigenvalue weighted by Gasteiger charge is 2.29. The van der Waals surface area contributed by atoms with Gasteiger partial charge in [-0.1, -0.05) is 12.1 Å². The molecule has 2 aromatic carbocycles. The molecule has 2 aromatic rings. The smallest absolute Gasteiger partial charge is 0.257 e. The molecule has 1 heterocycles. The van der Waals surface area contributed by atoms with E-state index in [1.54, 1.807) is 17.0 Å². The zero-order valence-electron chi connectivity index (χ0n) is 16.9. The molecule has 7 heteroatoms. The Morgan fingerprint density at radius 2 is 2.00 bits per heavy atom. The first kappa shape index (κ1) is 21.3. The van der Waals surface area contributed by atoms with Crippen LogP contribution in [0.15, 0.2) is 47.4 Å². The summed E-state index contributed by atoms with van der Waals surface area (Å²) in [7, 11) is -3.44. The van der Waals surface area contributed by atoms with Crippen LogP contribution in [0.1, 0.15) is 36.2 Å². The van der Waals surface area contributed by atoms with Crippen molar-refractivity contribution in [1.82, 2.24) is 4.90 Å². The predicted octanol–water partition coefficient (Wildman–Crippen LogP) is 3.72. The van der Waals surface area contributed by atoms with E-state index in [4.69, 9.17) is 4.74 Å². The molecular formula is C22H26FNO4S. The maximum Gasteiger partial charge on any atom is 0.257 e. The van der Waals surface area contributed by atoms with Crippen LogP contribution in [-0.2, 0) is 16.3 Å². The molecule has 0 aliphatic carbocycles. The topological polar surface area (TPSA) is 63.7 Å². The van der Waals surface area contributed by atoms with Crippen LogP contribution in [0.2, 0.25) is 0 Å². The van der Waals surface area contributed by atoms with Crippen molar-refractivity contribution in [3.05, 3.63) is 59.4 Å². The number of carbonyl (C=O) groups excluding carboxylic acids is 1. The summed E-state index contributed by atoms with van der Waals surface area (Å²) < 4.78 is 43.1. The minimum absolute atomic E-state index is 0.0902. The van der Waals surface area contributed by atoms with Gasteiger partial charge < -0.3 is 9.64 Å². The number of sulfone groups is 1. The van der Waals surface area contributed by atoms with Crippen LogP contribution in [-0.4, -0.2) is 44.7 Å². The molecule has 0 spiro atoms. The Balaban J connectivity index is 1.80. The lowest BCUT2D eigenvalue weighted by Gasteiger charge is -2.20. The predicted molar refractivity (Wildman–Crippen MR) is 109 cm³/mol. The van der Waals surface area contributed by atoms with E-state index in [-0.39, 0.29) is 34.2 Å². The Morgan fingerprint density at radius 3 is 2.66 bits per heavy atom. The summed E-state index contributed by atoms with van der Waals surface area (Å²) in [5.74, 6) is 0.105. The second kappa shape index (κ2) is 8.53. The molecule has 0 radical (unpaired) electrons. The number of likely N-dealkylation sites (tertiary alicyclic amines) is 1. The lowest BCUT2D eigenvalue weighted by molar-refractivity contribution is 0.0780. The van der Waals surface area contributed by atoms with E-state index < -0.39 is 9.84 Å². The van der Waals surface area contributed by atoms with Crippen LogP contribution in [0.5, 0.6) is 5.75 Å². The first-order valence-corrected chi connectivity index (χ1v) is 11.6. The van der Waals surface area contributed by atoms with Crippen molar-refractivity contribution in [3.63, 3.8) is 0 Å². The minimum Gasteiger partial charge on any atom is -0.490 e. The van der Waals surface area contributed by atoms with E-state index >= 15 is 0 Å². The molecule has 29 heavy (non-hydrogen) atoms. The molecule has 3 rings (SSSR count). The minimum atomic E-state index is -3.44. The summed E-state index contributed by atoms with van der Waals surface area (Å²) in [5.41, 5.74) is 1.17. The average Bonchev–Trinajstić information content (AvgIpc) is 3.08. The molecule has 1 amide bonds. The molecule has 1 unspecified atom stereocenters. The highest BCUT2D eigenvalue weighted by molar-refractivity contribution is 7.90. The Hall–Kier alpha value is -2.41. The molecule has 0 aromatic heterocycles. The second-order valence-corrected chi connectivity index (χ2v) is 9.85. The van der Waals surface area contributed by atoms with E-state index in [9.17, 15) is 17.6 Å². The summed E-state index contributed by atoms with van der Waals surface area (Å²) in [6.45, 7) is 4.82. The number of nitrogens with zero attached hydrogens (tertiary/aromatic N) is 1. The molecule has 1 saturated heterocycles. The maximum atomic E-state index is 13.4. The van der Waals surface area contributed by atoms with Crippen molar-refractivity contribution in [2.45, 2.75) is 37.7 Å². The van der Waals surface area contributed by atoms with Crippen LogP contribution in [0.3, 0.4) is 0 Å². The zero-order chi connectivity index (χ0) is 21.2.